The van der Waals surface area contributed by atoms with Crippen molar-refractivity contribution in [1.29, 1.82) is 5.26 Å². The van der Waals surface area contributed by atoms with E-state index in [1.54, 1.807) is 13.3 Å². The van der Waals surface area contributed by atoms with Crippen LogP contribution in [0.5, 0.6) is 5.88 Å². The zero-order valence-electron chi connectivity index (χ0n) is 8.32. The van der Waals surface area contributed by atoms with Crippen LogP contribution < -0.4 is 10.5 Å². The number of nitrogens with zero attached hydrogens (tertiary/aromatic N) is 2. The van der Waals surface area contributed by atoms with E-state index in [4.69, 9.17) is 15.7 Å². The van der Waals surface area contributed by atoms with Crippen LogP contribution >= 0.6 is 0 Å². The van der Waals surface area contributed by atoms with Gasteiger partial charge in [-0.05, 0) is 18.1 Å². The van der Waals surface area contributed by atoms with E-state index >= 15 is 0 Å². The van der Waals surface area contributed by atoms with Crippen LogP contribution in [0, 0.1) is 18.3 Å². The number of hydrogen-bond donors (Lipinski definition) is 1. The topological polar surface area (TPSA) is 71.9 Å². The smallest absolute Gasteiger partial charge is 0.213 e. The molecule has 1 aromatic rings. The first-order valence-electron chi connectivity index (χ1n) is 4.32. The molecule has 1 heterocycles. The van der Waals surface area contributed by atoms with Crippen molar-refractivity contribution in [1.82, 2.24) is 4.98 Å². The normalized spacial score (nSPS) is 11.9. The summed E-state index contributed by atoms with van der Waals surface area (Å²) in [5.41, 5.74) is 7.69. The van der Waals surface area contributed by atoms with Gasteiger partial charge in [0.05, 0.1) is 19.6 Å². The van der Waals surface area contributed by atoms with Gasteiger partial charge in [-0.2, -0.15) is 5.26 Å². The molecule has 4 heteroatoms. The molecule has 0 saturated carbocycles. The summed E-state index contributed by atoms with van der Waals surface area (Å²) in [5, 5.41) is 8.51. The molecule has 2 N–H and O–H groups in total. The second kappa shape index (κ2) is 4.58. The van der Waals surface area contributed by atoms with Crippen molar-refractivity contribution in [3.63, 3.8) is 0 Å². The lowest BCUT2D eigenvalue weighted by Crippen LogP contribution is -2.11. The highest BCUT2D eigenvalue weighted by Gasteiger charge is 2.09. The molecule has 1 unspecified atom stereocenters. The zero-order valence-corrected chi connectivity index (χ0v) is 8.32. The van der Waals surface area contributed by atoms with E-state index in [-0.39, 0.29) is 6.04 Å². The molecule has 1 atom stereocenters. The SMILES string of the molecule is COc1cc(C)c(C(N)CC#N)cn1. The van der Waals surface area contributed by atoms with Crippen LogP contribution in [0.1, 0.15) is 23.6 Å². The fourth-order valence-corrected chi connectivity index (χ4v) is 1.25. The molecule has 0 amide bonds. The third kappa shape index (κ3) is 2.21. The van der Waals surface area contributed by atoms with Gasteiger partial charge in [-0.25, -0.2) is 4.98 Å². The highest BCUT2D eigenvalue weighted by atomic mass is 16.5. The summed E-state index contributed by atoms with van der Waals surface area (Å²) >= 11 is 0. The molecule has 0 saturated heterocycles. The Morgan fingerprint density at radius 3 is 2.93 bits per heavy atom. The number of aromatic nitrogens is 1. The molecule has 0 aliphatic heterocycles. The monoisotopic (exact) mass is 191 g/mol. The minimum absolute atomic E-state index is 0.265. The average Bonchev–Trinajstić information content (AvgIpc) is 2.17. The molecule has 74 valence electrons. The number of hydrogen-bond acceptors (Lipinski definition) is 4. The predicted molar refractivity (Wildman–Crippen MR) is 52.7 cm³/mol. The third-order valence-electron chi connectivity index (χ3n) is 2.05. The van der Waals surface area contributed by atoms with Crippen molar-refractivity contribution >= 4 is 0 Å². The van der Waals surface area contributed by atoms with Gasteiger partial charge in [-0.15, -0.1) is 0 Å². The van der Waals surface area contributed by atoms with Gasteiger partial charge < -0.3 is 10.5 Å². The Labute approximate surface area is 83.3 Å². The molecule has 14 heavy (non-hydrogen) atoms. The number of methoxy groups -OCH3 is 1. The molecule has 0 spiro atoms. The van der Waals surface area contributed by atoms with Crippen LogP contribution in [0.25, 0.3) is 0 Å². The van der Waals surface area contributed by atoms with Crippen molar-refractivity contribution in [2.45, 2.75) is 19.4 Å². The first-order valence-corrected chi connectivity index (χ1v) is 4.32. The Bertz CT molecular complexity index is 357. The van der Waals surface area contributed by atoms with Crippen molar-refractivity contribution in [2.24, 2.45) is 5.73 Å². The maximum atomic E-state index is 8.51. The van der Waals surface area contributed by atoms with Gasteiger partial charge >= 0.3 is 0 Å². The molecule has 0 aliphatic carbocycles. The summed E-state index contributed by atoms with van der Waals surface area (Å²) in [7, 11) is 1.57. The maximum Gasteiger partial charge on any atom is 0.213 e. The number of ether oxygens (including phenoxy) is 1. The van der Waals surface area contributed by atoms with Crippen LogP contribution in [0.15, 0.2) is 12.3 Å². The first kappa shape index (κ1) is 10.5. The Morgan fingerprint density at radius 2 is 2.43 bits per heavy atom. The Balaban J connectivity index is 2.94. The fraction of sp³-hybridized carbons (Fsp3) is 0.400. The third-order valence-corrected chi connectivity index (χ3v) is 2.05. The second-order valence-corrected chi connectivity index (χ2v) is 3.05. The van der Waals surface area contributed by atoms with E-state index in [9.17, 15) is 0 Å². The summed E-state index contributed by atoms with van der Waals surface area (Å²) < 4.78 is 4.97. The molecule has 4 nitrogen and oxygen atoms in total. The Kier molecular flexibility index (Phi) is 3.43. The molecule has 0 aromatic carbocycles. The van der Waals surface area contributed by atoms with Crippen molar-refractivity contribution < 1.29 is 4.74 Å². The van der Waals surface area contributed by atoms with Gasteiger partial charge in [0.25, 0.3) is 0 Å². The van der Waals surface area contributed by atoms with Gasteiger partial charge in [0.15, 0.2) is 0 Å². The van der Waals surface area contributed by atoms with Gasteiger partial charge in [0.1, 0.15) is 0 Å². The lowest BCUT2D eigenvalue weighted by Gasteiger charge is -2.11. The molecule has 0 bridgehead atoms. The first-order chi connectivity index (χ1) is 6.69. The largest absolute Gasteiger partial charge is 0.481 e. The number of nitriles is 1. The van der Waals surface area contributed by atoms with Crippen molar-refractivity contribution in [3.05, 3.63) is 23.4 Å². The number of pyridine rings is 1. The van der Waals surface area contributed by atoms with E-state index in [1.165, 1.54) is 0 Å². The maximum absolute atomic E-state index is 8.51. The van der Waals surface area contributed by atoms with Crippen LogP contribution in [0.4, 0.5) is 0 Å². The van der Waals surface area contributed by atoms with Crippen molar-refractivity contribution in [3.8, 4) is 11.9 Å². The summed E-state index contributed by atoms with van der Waals surface area (Å²) in [6.45, 7) is 1.93. The lowest BCUT2D eigenvalue weighted by atomic mass is 10.0. The highest BCUT2D eigenvalue weighted by molar-refractivity contribution is 5.30. The fourth-order valence-electron chi connectivity index (χ4n) is 1.25. The molecular weight excluding hydrogens is 178 g/mol. The number of aryl methyl sites for hydroxylation is 1. The summed E-state index contributed by atoms with van der Waals surface area (Å²) in [6.07, 6.45) is 1.96. The average molecular weight is 191 g/mol. The van der Waals surface area contributed by atoms with Crippen LogP contribution in [-0.4, -0.2) is 12.1 Å². The van der Waals surface area contributed by atoms with Gasteiger partial charge in [-0.3, -0.25) is 0 Å². The predicted octanol–water partition coefficient (Wildman–Crippen LogP) is 1.31. The number of nitrogens with two attached hydrogens (primary N) is 1. The minimum Gasteiger partial charge on any atom is -0.481 e. The number of rotatable bonds is 3. The van der Waals surface area contributed by atoms with Gasteiger partial charge in [0.2, 0.25) is 5.88 Å². The highest BCUT2D eigenvalue weighted by Crippen LogP contribution is 2.20. The molecule has 1 rings (SSSR count). The van der Waals surface area contributed by atoms with E-state index in [0.717, 1.165) is 11.1 Å². The van der Waals surface area contributed by atoms with E-state index < -0.39 is 0 Å². The lowest BCUT2D eigenvalue weighted by molar-refractivity contribution is 0.397. The van der Waals surface area contributed by atoms with Crippen LogP contribution in [0.2, 0.25) is 0 Å². The van der Waals surface area contributed by atoms with E-state index in [2.05, 4.69) is 4.98 Å². The zero-order chi connectivity index (χ0) is 10.6. The van der Waals surface area contributed by atoms with Crippen molar-refractivity contribution in [2.75, 3.05) is 7.11 Å². The van der Waals surface area contributed by atoms with E-state index in [1.807, 2.05) is 19.1 Å². The van der Waals surface area contributed by atoms with Crippen LogP contribution in [-0.2, 0) is 0 Å². The second-order valence-electron chi connectivity index (χ2n) is 3.05. The van der Waals surface area contributed by atoms with Crippen LogP contribution in [0.3, 0.4) is 0 Å². The molecule has 0 aliphatic rings. The molecular formula is C10H13N3O. The molecule has 1 aromatic heterocycles. The van der Waals surface area contributed by atoms with E-state index in [0.29, 0.717) is 12.3 Å². The summed E-state index contributed by atoms with van der Waals surface area (Å²) in [4.78, 5) is 4.05. The molecule has 0 fully saturated rings. The minimum atomic E-state index is -0.265. The summed E-state index contributed by atoms with van der Waals surface area (Å²) in [6, 6.07) is 3.58. The quantitative estimate of drug-likeness (QED) is 0.781. The standard InChI is InChI=1S/C10H13N3O/c1-7-5-10(14-2)13-6-8(7)9(12)3-4-11/h5-6,9H,3,12H2,1-2H3. The Hall–Kier alpha value is -1.60. The van der Waals surface area contributed by atoms with Gasteiger partial charge in [0, 0.05) is 18.3 Å². The molecule has 0 radical (unpaired) electrons. The Morgan fingerprint density at radius 1 is 1.71 bits per heavy atom. The van der Waals surface area contributed by atoms with Gasteiger partial charge in [-0.1, -0.05) is 0 Å². The summed E-state index contributed by atoms with van der Waals surface area (Å²) in [5.74, 6) is 0.565.